The van der Waals surface area contributed by atoms with Gasteiger partial charge >= 0.3 is 0 Å². The lowest BCUT2D eigenvalue weighted by Crippen LogP contribution is -2.53. The van der Waals surface area contributed by atoms with Crippen LogP contribution in [0.1, 0.15) is 30.7 Å². The SMILES string of the molecule is CN1CCCC2CN(CC(CS)c3ccccc3)CCC21. The lowest BCUT2D eigenvalue weighted by Gasteiger charge is -2.46. The molecule has 2 aliphatic rings. The molecule has 0 spiro atoms. The number of piperidine rings is 2. The van der Waals surface area contributed by atoms with Gasteiger partial charge in [-0.1, -0.05) is 30.3 Å². The van der Waals surface area contributed by atoms with E-state index in [1.165, 1.54) is 51.0 Å². The van der Waals surface area contributed by atoms with Crippen LogP contribution in [-0.4, -0.2) is 54.8 Å². The van der Waals surface area contributed by atoms with Crippen LogP contribution in [0, 0.1) is 5.92 Å². The monoisotopic (exact) mass is 304 g/mol. The molecule has 2 heterocycles. The van der Waals surface area contributed by atoms with Crippen molar-refractivity contribution in [1.82, 2.24) is 9.80 Å². The Morgan fingerprint density at radius 3 is 2.76 bits per heavy atom. The third kappa shape index (κ3) is 3.64. The average Bonchev–Trinajstić information content (AvgIpc) is 2.53. The van der Waals surface area contributed by atoms with Crippen molar-refractivity contribution in [2.75, 3.05) is 39.0 Å². The van der Waals surface area contributed by atoms with Gasteiger partial charge in [0, 0.05) is 25.0 Å². The van der Waals surface area contributed by atoms with Crippen molar-refractivity contribution in [1.29, 1.82) is 0 Å². The first kappa shape index (κ1) is 15.4. The van der Waals surface area contributed by atoms with Gasteiger partial charge in [0.25, 0.3) is 0 Å². The minimum atomic E-state index is 0.562. The van der Waals surface area contributed by atoms with Gasteiger partial charge < -0.3 is 9.80 Å². The van der Waals surface area contributed by atoms with Gasteiger partial charge in [-0.05, 0) is 56.6 Å². The molecule has 2 aliphatic heterocycles. The molecular formula is C18H28N2S. The van der Waals surface area contributed by atoms with Crippen molar-refractivity contribution >= 4 is 12.6 Å². The molecule has 0 bridgehead atoms. The lowest BCUT2D eigenvalue weighted by atomic mass is 9.83. The first-order valence-electron chi connectivity index (χ1n) is 8.36. The van der Waals surface area contributed by atoms with Crippen molar-refractivity contribution in [2.45, 2.75) is 31.2 Å². The second kappa shape index (κ2) is 7.17. The van der Waals surface area contributed by atoms with Gasteiger partial charge in [0.2, 0.25) is 0 Å². The predicted molar refractivity (Wildman–Crippen MR) is 93.2 cm³/mol. The zero-order valence-electron chi connectivity index (χ0n) is 13.1. The van der Waals surface area contributed by atoms with E-state index >= 15 is 0 Å². The van der Waals surface area contributed by atoms with E-state index in [4.69, 9.17) is 0 Å². The highest BCUT2D eigenvalue weighted by molar-refractivity contribution is 7.80. The van der Waals surface area contributed by atoms with Crippen LogP contribution in [0.25, 0.3) is 0 Å². The maximum atomic E-state index is 4.60. The Labute approximate surface area is 134 Å². The van der Waals surface area contributed by atoms with E-state index in [-0.39, 0.29) is 0 Å². The summed E-state index contributed by atoms with van der Waals surface area (Å²) in [4.78, 5) is 5.28. The summed E-state index contributed by atoms with van der Waals surface area (Å²) in [5, 5.41) is 0. The summed E-state index contributed by atoms with van der Waals surface area (Å²) in [6.45, 7) is 5.00. The molecule has 21 heavy (non-hydrogen) atoms. The number of hydrogen-bond donors (Lipinski definition) is 1. The van der Waals surface area contributed by atoms with E-state index in [1.807, 2.05) is 0 Å². The van der Waals surface area contributed by atoms with Crippen LogP contribution >= 0.6 is 12.6 Å². The second-order valence-electron chi connectivity index (χ2n) is 6.79. The number of hydrogen-bond acceptors (Lipinski definition) is 3. The van der Waals surface area contributed by atoms with Gasteiger partial charge in [0.1, 0.15) is 0 Å². The van der Waals surface area contributed by atoms with E-state index in [0.29, 0.717) is 5.92 Å². The molecule has 116 valence electrons. The van der Waals surface area contributed by atoms with Crippen molar-refractivity contribution < 1.29 is 0 Å². The van der Waals surface area contributed by atoms with Crippen molar-refractivity contribution in [2.24, 2.45) is 5.92 Å². The van der Waals surface area contributed by atoms with Crippen LogP contribution < -0.4 is 0 Å². The number of nitrogens with zero attached hydrogens (tertiary/aromatic N) is 2. The van der Waals surface area contributed by atoms with Crippen LogP contribution in [-0.2, 0) is 0 Å². The van der Waals surface area contributed by atoms with E-state index in [2.05, 4.69) is 59.8 Å². The maximum absolute atomic E-state index is 4.60. The van der Waals surface area contributed by atoms with Crippen molar-refractivity contribution in [3.05, 3.63) is 35.9 Å². The average molecular weight is 305 g/mol. The molecular weight excluding hydrogens is 276 g/mol. The van der Waals surface area contributed by atoms with Gasteiger partial charge in [0.15, 0.2) is 0 Å². The quantitative estimate of drug-likeness (QED) is 0.854. The summed E-state index contributed by atoms with van der Waals surface area (Å²) < 4.78 is 0. The fourth-order valence-corrected chi connectivity index (χ4v) is 4.53. The number of rotatable bonds is 4. The summed E-state index contributed by atoms with van der Waals surface area (Å²) in [7, 11) is 2.31. The Morgan fingerprint density at radius 1 is 1.19 bits per heavy atom. The third-order valence-electron chi connectivity index (χ3n) is 5.40. The van der Waals surface area contributed by atoms with Gasteiger partial charge in [-0.2, -0.15) is 12.6 Å². The lowest BCUT2D eigenvalue weighted by molar-refractivity contribution is 0.0370. The minimum absolute atomic E-state index is 0.562. The zero-order valence-corrected chi connectivity index (χ0v) is 14.0. The number of thiol groups is 1. The number of fused-ring (bicyclic) bond motifs is 1. The van der Waals surface area contributed by atoms with Crippen LogP contribution in [0.15, 0.2) is 30.3 Å². The standard InChI is InChI=1S/C18H28N2S/c1-19-10-5-8-16-12-20(11-9-18(16)19)13-17(14-21)15-6-3-2-4-7-15/h2-4,6-7,16-18,21H,5,8-14H2,1H3. The summed E-state index contributed by atoms with van der Waals surface area (Å²) in [5.74, 6) is 2.38. The first-order valence-corrected chi connectivity index (χ1v) is 8.99. The molecule has 3 rings (SSSR count). The number of benzene rings is 1. The zero-order chi connectivity index (χ0) is 14.7. The largest absolute Gasteiger partial charge is 0.303 e. The molecule has 2 fully saturated rings. The normalized spacial score (nSPS) is 29.0. The van der Waals surface area contributed by atoms with Gasteiger partial charge in [-0.15, -0.1) is 0 Å². The summed E-state index contributed by atoms with van der Waals surface area (Å²) in [5.41, 5.74) is 1.44. The van der Waals surface area contributed by atoms with Crippen molar-refractivity contribution in [3.63, 3.8) is 0 Å². The summed E-state index contributed by atoms with van der Waals surface area (Å²) >= 11 is 4.60. The number of likely N-dealkylation sites (tertiary alicyclic amines) is 2. The Kier molecular flexibility index (Phi) is 5.25. The molecule has 0 aromatic heterocycles. The topological polar surface area (TPSA) is 6.48 Å². The summed E-state index contributed by atoms with van der Waals surface area (Å²) in [6, 6.07) is 11.7. The Balaban J connectivity index is 1.60. The van der Waals surface area contributed by atoms with Gasteiger partial charge in [-0.3, -0.25) is 0 Å². The van der Waals surface area contributed by atoms with Crippen LogP contribution in [0.3, 0.4) is 0 Å². The molecule has 3 unspecified atom stereocenters. The highest BCUT2D eigenvalue weighted by atomic mass is 32.1. The van der Waals surface area contributed by atoms with E-state index < -0.39 is 0 Å². The van der Waals surface area contributed by atoms with Gasteiger partial charge in [-0.25, -0.2) is 0 Å². The summed E-state index contributed by atoms with van der Waals surface area (Å²) in [6.07, 6.45) is 4.14. The molecule has 0 radical (unpaired) electrons. The Morgan fingerprint density at radius 2 is 2.00 bits per heavy atom. The third-order valence-corrected chi connectivity index (χ3v) is 5.84. The van der Waals surface area contributed by atoms with Gasteiger partial charge in [0.05, 0.1) is 0 Å². The van der Waals surface area contributed by atoms with E-state index in [0.717, 1.165) is 17.7 Å². The minimum Gasteiger partial charge on any atom is -0.303 e. The highest BCUT2D eigenvalue weighted by Crippen LogP contribution is 2.30. The Hall–Kier alpha value is -0.510. The second-order valence-corrected chi connectivity index (χ2v) is 7.15. The van der Waals surface area contributed by atoms with Crippen molar-refractivity contribution in [3.8, 4) is 0 Å². The molecule has 0 saturated carbocycles. The Bertz CT molecular complexity index is 436. The van der Waals surface area contributed by atoms with E-state index in [9.17, 15) is 0 Å². The van der Waals surface area contributed by atoms with Crippen LogP contribution in [0.2, 0.25) is 0 Å². The maximum Gasteiger partial charge on any atom is 0.0145 e. The molecule has 1 aromatic rings. The molecule has 3 heteroatoms. The molecule has 2 nitrogen and oxygen atoms in total. The molecule has 2 saturated heterocycles. The molecule has 0 aliphatic carbocycles. The molecule has 3 atom stereocenters. The molecule has 0 amide bonds. The van der Waals surface area contributed by atoms with Crippen LogP contribution in [0.4, 0.5) is 0 Å². The molecule has 1 aromatic carbocycles. The predicted octanol–water partition coefficient (Wildman–Crippen LogP) is 3.12. The fraction of sp³-hybridized carbons (Fsp3) is 0.667. The van der Waals surface area contributed by atoms with E-state index in [1.54, 1.807) is 0 Å². The highest BCUT2D eigenvalue weighted by Gasteiger charge is 2.34. The van der Waals surface area contributed by atoms with Crippen LogP contribution in [0.5, 0.6) is 0 Å². The smallest absolute Gasteiger partial charge is 0.0145 e. The first-order chi connectivity index (χ1) is 10.3. The fourth-order valence-electron chi connectivity index (χ4n) is 4.20. The molecule has 0 N–H and O–H groups in total.